The summed E-state index contributed by atoms with van der Waals surface area (Å²) < 4.78 is 0. The topological polar surface area (TPSA) is 28.7 Å². The Bertz CT molecular complexity index is 400. The van der Waals surface area contributed by atoms with E-state index < -0.39 is 8.65 Å². The van der Waals surface area contributed by atoms with Crippen molar-refractivity contribution < 1.29 is 8.65 Å². The number of hydrogen-bond acceptors (Lipinski definition) is 1. The molecule has 15 heavy (non-hydrogen) atoms. The summed E-state index contributed by atoms with van der Waals surface area (Å²) in [6.07, 6.45) is 1.81. The van der Waals surface area contributed by atoms with E-state index >= 15 is 0 Å². The molecule has 88 valence electrons. The van der Waals surface area contributed by atoms with E-state index in [1.54, 1.807) is 0 Å². The Hall–Kier alpha value is 0.763. The molecule has 0 atom stereocenters. The summed E-state index contributed by atoms with van der Waals surface area (Å²) >= 11 is 0. The second-order valence-corrected chi connectivity index (χ2v) is 28.8. The second kappa shape index (κ2) is 4.95. The van der Waals surface area contributed by atoms with Crippen LogP contribution in [0.15, 0.2) is 30.5 Å². The predicted octanol–water partition coefficient (Wildman–Crippen LogP) is 5.01. The molecule has 2 aromatic rings. The minimum absolute atomic E-state index is 1.09. The summed E-state index contributed by atoms with van der Waals surface area (Å²) in [6, 6.07) is 8.01. The molecule has 8 heteroatoms. The van der Waals surface area contributed by atoms with E-state index in [0.717, 1.165) is 10.9 Å². The molecular weight excluding hydrogens is 390 g/mol. The van der Waals surface area contributed by atoms with Gasteiger partial charge in [-0.1, -0.05) is 18.2 Å². The van der Waals surface area contributed by atoms with E-state index in [2.05, 4.69) is 10.2 Å². The van der Waals surface area contributed by atoms with Crippen molar-refractivity contribution in [2.45, 2.75) is 0 Å². The largest absolute Gasteiger partial charge is 0.278 e. The van der Waals surface area contributed by atoms with Crippen LogP contribution in [0.25, 0.3) is 10.9 Å². The number of aromatic nitrogens is 2. The van der Waals surface area contributed by atoms with Crippen LogP contribution in [0.5, 0.6) is 0 Å². The van der Waals surface area contributed by atoms with Gasteiger partial charge in [0.15, 0.2) is 0 Å². The van der Waals surface area contributed by atoms with Crippen molar-refractivity contribution >= 4 is 59.4 Å². The van der Waals surface area contributed by atoms with Gasteiger partial charge in [-0.15, -0.1) is 0 Å². The molecule has 0 aliphatic rings. The van der Waals surface area contributed by atoms with Crippen molar-refractivity contribution in [2.24, 2.45) is 0 Å². The second-order valence-electron chi connectivity index (χ2n) is 2.46. The first-order valence-electron chi connectivity index (χ1n) is 3.52. The number of nitrogens with one attached hydrogen (secondary N) is 1. The molecule has 0 spiro atoms. The number of para-hydroxylation sites is 1. The third kappa shape index (κ3) is 7.62. The van der Waals surface area contributed by atoms with Gasteiger partial charge >= 0.3 is 57.1 Å². The van der Waals surface area contributed by atoms with Crippen molar-refractivity contribution in [2.75, 3.05) is 0 Å². The number of H-pyrrole nitrogens is 1. The Kier molecular flexibility index (Phi) is 4.57. The van der Waals surface area contributed by atoms with Gasteiger partial charge in [0.2, 0.25) is 0 Å². The Morgan fingerprint density at radius 1 is 1.00 bits per heavy atom. The number of nitrogens with zero attached hydrogens (tertiary/aromatic N) is 1. The van der Waals surface area contributed by atoms with Crippen LogP contribution in [-0.4, -0.2) is 10.2 Å². The minimum atomic E-state index is -4.11. The van der Waals surface area contributed by atoms with E-state index in [-0.39, 0.29) is 0 Å². The Balaban J connectivity index is 0.000000167. The molecule has 1 N–H and O–H groups in total. The van der Waals surface area contributed by atoms with E-state index in [0.29, 0.717) is 0 Å². The molecule has 0 amide bonds. The SMILES string of the molecule is [Cl][Ru-]([Cl])([Cl])([Cl])[Cl].c1ccc2[nH]ncc2c1. The third-order valence-electron chi connectivity index (χ3n) is 1.35. The Morgan fingerprint density at radius 2 is 1.53 bits per heavy atom. The molecule has 0 aliphatic carbocycles. The monoisotopic (exact) mass is 395 g/mol. The van der Waals surface area contributed by atoms with E-state index in [9.17, 15) is 0 Å². The molecule has 0 bridgehead atoms. The zero-order valence-electron chi connectivity index (χ0n) is 7.08. The van der Waals surface area contributed by atoms with Gasteiger partial charge in [0, 0.05) is 5.39 Å². The van der Waals surface area contributed by atoms with Crippen LogP contribution >= 0.6 is 48.5 Å². The van der Waals surface area contributed by atoms with Gasteiger partial charge in [0.05, 0.1) is 11.7 Å². The maximum Gasteiger partial charge on any atom is 0.0650 e. The molecule has 0 saturated carbocycles. The minimum Gasteiger partial charge on any atom is -0.278 e. The fourth-order valence-electron chi connectivity index (χ4n) is 0.883. The number of fused-ring (bicyclic) bond motifs is 1. The molecule has 0 fully saturated rings. The molecule has 2 rings (SSSR count). The van der Waals surface area contributed by atoms with Crippen molar-refractivity contribution in [3.63, 3.8) is 0 Å². The molecular formula is C7H6Cl5N2Ru-. The zero-order valence-corrected chi connectivity index (χ0v) is 12.6. The Morgan fingerprint density at radius 3 is 2.07 bits per heavy atom. The van der Waals surface area contributed by atoms with E-state index in [1.807, 2.05) is 30.5 Å². The fourth-order valence-corrected chi connectivity index (χ4v) is 0.883. The van der Waals surface area contributed by atoms with Gasteiger partial charge < -0.3 is 0 Å². The molecule has 1 aromatic heterocycles. The van der Waals surface area contributed by atoms with Crippen LogP contribution in [0.1, 0.15) is 0 Å². The Labute approximate surface area is 108 Å². The van der Waals surface area contributed by atoms with Gasteiger partial charge in [0.1, 0.15) is 0 Å². The first-order valence-corrected chi connectivity index (χ1v) is 14.7. The van der Waals surface area contributed by atoms with E-state index in [4.69, 9.17) is 48.5 Å². The first kappa shape index (κ1) is 13.8. The summed E-state index contributed by atoms with van der Waals surface area (Å²) in [7, 11) is 21.0. The average Bonchev–Trinajstić information content (AvgIpc) is 2.45. The fraction of sp³-hybridized carbons (Fsp3) is 0. The van der Waals surface area contributed by atoms with E-state index in [1.165, 1.54) is 0 Å². The number of aromatic amines is 1. The maximum atomic E-state index is 5.02. The predicted molar refractivity (Wildman–Crippen MR) is 65.4 cm³/mol. The number of hydrogen-bond donors (Lipinski definition) is 1. The van der Waals surface area contributed by atoms with Crippen molar-refractivity contribution in [1.82, 2.24) is 10.2 Å². The van der Waals surface area contributed by atoms with Crippen molar-refractivity contribution in [1.29, 1.82) is 0 Å². The zero-order chi connectivity index (χ0) is 11.6. The molecule has 2 nitrogen and oxygen atoms in total. The molecule has 0 unspecified atom stereocenters. The maximum absolute atomic E-state index is 5.02. The van der Waals surface area contributed by atoms with Crippen LogP contribution in [0.3, 0.4) is 0 Å². The van der Waals surface area contributed by atoms with Crippen LogP contribution < -0.4 is 0 Å². The van der Waals surface area contributed by atoms with Crippen LogP contribution in [0, 0.1) is 0 Å². The average molecular weight is 396 g/mol. The standard InChI is InChI=1S/C7H6N2.5ClH.Ru/c1-2-4-7-6(3-1)5-8-9-7;;;;;;/h1-5H,(H,8,9);5*1H;/q;;;;;;+4/p-5. The first-order chi connectivity index (χ1) is 6.70. The molecule has 1 aromatic carbocycles. The smallest absolute Gasteiger partial charge is 0.0650 e. The quantitative estimate of drug-likeness (QED) is 0.623. The van der Waals surface area contributed by atoms with Crippen LogP contribution in [0.2, 0.25) is 0 Å². The molecule has 0 saturated heterocycles. The van der Waals surface area contributed by atoms with Crippen LogP contribution in [-0.2, 0) is 8.65 Å². The van der Waals surface area contributed by atoms with Crippen molar-refractivity contribution in [3.8, 4) is 0 Å². The van der Waals surface area contributed by atoms with Gasteiger partial charge in [-0.25, -0.2) is 0 Å². The number of benzene rings is 1. The molecule has 0 aliphatic heterocycles. The van der Waals surface area contributed by atoms with Gasteiger partial charge in [-0.2, -0.15) is 5.10 Å². The van der Waals surface area contributed by atoms with Gasteiger partial charge in [-0.05, 0) is 6.07 Å². The summed E-state index contributed by atoms with van der Waals surface area (Å²) in [5.41, 5.74) is 1.09. The summed E-state index contributed by atoms with van der Waals surface area (Å²) in [5, 5.41) is 7.91. The van der Waals surface area contributed by atoms with Gasteiger partial charge in [0.25, 0.3) is 0 Å². The summed E-state index contributed by atoms with van der Waals surface area (Å²) in [5.74, 6) is 0. The van der Waals surface area contributed by atoms with Gasteiger partial charge in [-0.3, -0.25) is 5.10 Å². The number of rotatable bonds is 0. The molecule has 1 heterocycles. The normalized spacial score (nSPS) is 13.8. The number of halogens is 5. The van der Waals surface area contributed by atoms with Crippen molar-refractivity contribution in [3.05, 3.63) is 30.5 Å². The summed E-state index contributed by atoms with van der Waals surface area (Å²) in [4.78, 5) is 0. The summed E-state index contributed by atoms with van der Waals surface area (Å²) in [6.45, 7) is 0. The van der Waals surface area contributed by atoms with Crippen LogP contribution in [0.4, 0.5) is 0 Å². The molecule has 0 radical (unpaired) electrons. The third-order valence-corrected chi connectivity index (χ3v) is 1.35.